The largest absolute Gasteiger partial charge is 0.390 e. The second-order valence-corrected chi connectivity index (χ2v) is 9.68. The van der Waals surface area contributed by atoms with Crippen molar-refractivity contribution in [1.82, 2.24) is 13.2 Å². The second kappa shape index (κ2) is 6.73. The molecule has 1 aromatic heterocycles. The number of aliphatic hydroxyl groups is 1. The lowest BCUT2D eigenvalue weighted by Crippen LogP contribution is -2.39. The average Bonchev–Trinajstić information content (AvgIpc) is 3.40. The van der Waals surface area contributed by atoms with Crippen LogP contribution in [0.1, 0.15) is 12.8 Å². The fourth-order valence-corrected chi connectivity index (χ4v) is 6.13. The standard InChI is InChI=1S/C20H21F2N3O3S/c21-13-1-5-19-17(9-13)18-10-14(22)2-6-20(18)24(19)12-16(26)11-23-7-8-25(15-3-4-15)29(23,27)28/h1-2,5-6,9-10,15-16,26H,3-4,7-8,11-12H2. The van der Waals surface area contributed by atoms with Crippen molar-refractivity contribution in [3.05, 3.63) is 48.0 Å². The van der Waals surface area contributed by atoms with E-state index in [9.17, 15) is 22.3 Å². The zero-order valence-corrected chi connectivity index (χ0v) is 16.4. The van der Waals surface area contributed by atoms with Crippen molar-refractivity contribution in [3.8, 4) is 0 Å². The lowest BCUT2D eigenvalue weighted by molar-refractivity contribution is 0.133. The Morgan fingerprint density at radius 2 is 1.55 bits per heavy atom. The number of benzene rings is 2. The fraction of sp³-hybridized carbons (Fsp3) is 0.400. The number of nitrogens with zero attached hydrogens (tertiary/aromatic N) is 3. The number of β-amino-alcohol motifs (C(OH)–C–C–N with tert-alkyl or cyclic N) is 1. The highest BCUT2D eigenvalue weighted by molar-refractivity contribution is 7.87. The summed E-state index contributed by atoms with van der Waals surface area (Å²) in [6.45, 7) is 0.912. The summed E-state index contributed by atoms with van der Waals surface area (Å²) in [6, 6.07) is 8.62. The van der Waals surface area contributed by atoms with E-state index < -0.39 is 27.9 Å². The summed E-state index contributed by atoms with van der Waals surface area (Å²) >= 11 is 0. The molecule has 1 saturated heterocycles. The van der Waals surface area contributed by atoms with Crippen LogP contribution in [0.4, 0.5) is 8.78 Å². The molecule has 2 heterocycles. The van der Waals surface area contributed by atoms with Crippen LogP contribution in [0.5, 0.6) is 0 Å². The molecule has 1 atom stereocenters. The van der Waals surface area contributed by atoms with Crippen molar-refractivity contribution in [1.29, 1.82) is 0 Å². The number of hydrogen-bond donors (Lipinski definition) is 1. The van der Waals surface area contributed by atoms with Crippen LogP contribution in [0.2, 0.25) is 0 Å². The van der Waals surface area contributed by atoms with Crippen molar-refractivity contribution in [3.63, 3.8) is 0 Å². The Labute approximate surface area is 167 Å². The third-order valence-electron chi connectivity index (χ3n) is 5.74. The first-order valence-corrected chi connectivity index (χ1v) is 11.1. The quantitative estimate of drug-likeness (QED) is 0.688. The van der Waals surface area contributed by atoms with Gasteiger partial charge in [-0.1, -0.05) is 0 Å². The van der Waals surface area contributed by atoms with Gasteiger partial charge in [0.25, 0.3) is 10.2 Å². The number of hydrogen-bond acceptors (Lipinski definition) is 3. The molecule has 0 radical (unpaired) electrons. The normalized spacial score (nSPS) is 21.3. The highest BCUT2D eigenvalue weighted by Gasteiger charge is 2.45. The average molecular weight is 421 g/mol. The van der Waals surface area contributed by atoms with Gasteiger partial charge in [-0.25, -0.2) is 8.78 Å². The van der Waals surface area contributed by atoms with Gasteiger partial charge in [-0.3, -0.25) is 0 Å². The molecular weight excluding hydrogens is 400 g/mol. The summed E-state index contributed by atoms with van der Waals surface area (Å²) in [7, 11) is -3.54. The minimum atomic E-state index is -3.54. The third-order valence-corrected chi connectivity index (χ3v) is 7.80. The molecule has 154 valence electrons. The third kappa shape index (κ3) is 3.22. The van der Waals surface area contributed by atoms with Crippen LogP contribution < -0.4 is 0 Å². The predicted molar refractivity (Wildman–Crippen MR) is 106 cm³/mol. The highest BCUT2D eigenvalue weighted by Crippen LogP contribution is 2.34. The van der Waals surface area contributed by atoms with Crippen molar-refractivity contribution in [2.75, 3.05) is 19.6 Å². The zero-order valence-electron chi connectivity index (χ0n) is 15.6. The molecular formula is C20H21F2N3O3S. The Hall–Kier alpha value is -2.07. The Kier molecular flexibility index (Phi) is 4.39. The first kappa shape index (κ1) is 18.9. The summed E-state index contributed by atoms with van der Waals surface area (Å²) in [6.07, 6.45) is 0.826. The smallest absolute Gasteiger partial charge is 0.282 e. The highest BCUT2D eigenvalue weighted by atomic mass is 32.2. The molecule has 0 bridgehead atoms. The summed E-state index contributed by atoms with van der Waals surface area (Å²) in [5, 5.41) is 11.8. The molecule has 2 fully saturated rings. The summed E-state index contributed by atoms with van der Waals surface area (Å²) < 4.78 is 57.5. The summed E-state index contributed by atoms with van der Waals surface area (Å²) in [4.78, 5) is 0. The van der Waals surface area contributed by atoms with E-state index in [4.69, 9.17) is 0 Å². The fourth-order valence-electron chi connectivity index (χ4n) is 4.26. The molecule has 9 heteroatoms. The molecule has 2 aromatic carbocycles. The van der Waals surface area contributed by atoms with E-state index in [0.29, 0.717) is 34.9 Å². The van der Waals surface area contributed by atoms with Crippen LogP contribution in [-0.2, 0) is 16.8 Å². The molecule has 0 amide bonds. The van der Waals surface area contributed by atoms with Gasteiger partial charge in [0.2, 0.25) is 0 Å². The molecule has 5 rings (SSSR count). The Morgan fingerprint density at radius 3 is 2.10 bits per heavy atom. The van der Waals surface area contributed by atoms with Crippen LogP contribution >= 0.6 is 0 Å². The first-order chi connectivity index (χ1) is 13.8. The van der Waals surface area contributed by atoms with Crippen molar-refractivity contribution in [2.45, 2.75) is 31.5 Å². The van der Waals surface area contributed by atoms with Gasteiger partial charge in [-0.15, -0.1) is 0 Å². The van der Waals surface area contributed by atoms with Crippen LogP contribution in [-0.4, -0.2) is 58.5 Å². The molecule has 1 N–H and O–H groups in total. The van der Waals surface area contributed by atoms with Gasteiger partial charge < -0.3 is 9.67 Å². The Bertz CT molecular complexity index is 1150. The van der Waals surface area contributed by atoms with Gasteiger partial charge in [0.05, 0.1) is 12.6 Å². The molecule has 1 saturated carbocycles. The summed E-state index contributed by atoms with van der Waals surface area (Å²) in [5.74, 6) is -0.852. The predicted octanol–water partition coefficient (Wildman–Crippen LogP) is 2.46. The van der Waals surface area contributed by atoms with Crippen LogP contribution in [0.3, 0.4) is 0 Å². The molecule has 6 nitrogen and oxygen atoms in total. The van der Waals surface area contributed by atoms with E-state index in [2.05, 4.69) is 0 Å². The van der Waals surface area contributed by atoms with Gasteiger partial charge in [0, 0.05) is 47.5 Å². The molecule has 1 aliphatic heterocycles. The molecule has 1 aliphatic carbocycles. The van der Waals surface area contributed by atoms with E-state index in [-0.39, 0.29) is 19.1 Å². The molecule has 1 unspecified atom stereocenters. The van der Waals surface area contributed by atoms with Crippen LogP contribution in [0.25, 0.3) is 21.8 Å². The van der Waals surface area contributed by atoms with Crippen molar-refractivity contribution < 1.29 is 22.3 Å². The number of aliphatic hydroxyl groups excluding tert-OH is 1. The number of halogens is 2. The maximum atomic E-state index is 13.8. The van der Waals surface area contributed by atoms with E-state index in [1.54, 1.807) is 16.7 Å². The van der Waals surface area contributed by atoms with Gasteiger partial charge in [-0.2, -0.15) is 17.0 Å². The number of aromatic nitrogens is 1. The first-order valence-electron chi connectivity index (χ1n) is 9.66. The number of fused-ring (bicyclic) bond motifs is 3. The Morgan fingerprint density at radius 1 is 0.966 bits per heavy atom. The van der Waals surface area contributed by atoms with Crippen LogP contribution in [0.15, 0.2) is 36.4 Å². The van der Waals surface area contributed by atoms with E-state index >= 15 is 0 Å². The van der Waals surface area contributed by atoms with Gasteiger partial charge >= 0.3 is 0 Å². The van der Waals surface area contributed by atoms with E-state index in [1.165, 1.54) is 32.9 Å². The minimum absolute atomic E-state index is 0.0187. The van der Waals surface area contributed by atoms with Gasteiger partial charge in [-0.05, 0) is 49.2 Å². The monoisotopic (exact) mass is 421 g/mol. The van der Waals surface area contributed by atoms with E-state index in [1.807, 2.05) is 0 Å². The van der Waals surface area contributed by atoms with Crippen molar-refractivity contribution >= 4 is 32.0 Å². The van der Waals surface area contributed by atoms with E-state index in [0.717, 1.165) is 12.8 Å². The summed E-state index contributed by atoms with van der Waals surface area (Å²) in [5.41, 5.74) is 1.32. The topological polar surface area (TPSA) is 65.8 Å². The SMILES string of the molecule is O=S1(=O)N(CC(O)Cn2c3ccc(F)cc3c3cc(F)ccc32)CCN1C1CC1. The van der Waals surface area contributed by atoms with Crippen molar-refractivity contribution in [2.24, 2.45) is 0 Å². The maximum Gasteiger partial charge on any atom is 0.282 e. The van der Waals surface area contributed by atoms with Gasteiger partial charge in [0.1, 0.15) is 11.6 Å². The van der Waals surface area contributed by atoms with Crippen LogP contribution in [0, 0.1) is 11.6 Å². The maximum absolute atomic E-state index is 13.8. The molecule has 3 aromatic rings. The Balaban J connectivity index is 1.45. The molecule has 29 heavy (non-hydrogen) atoms. The molecule has 2 aliphatic rings. The van der Waals surface area contributed by atoms with Gasteiger partial charge in [0.15, 0.2) is 0 Å². The lowest BCUT2D eigenvalue weighted by atomic mass is 10.1. The zero-order chi connectivity index (χ0) is 20.3. The number of rotatable bonds is 5. The second-order valence-electron chi connectivity index (χ2n) is 7.80. The minimum Gasteiger partial charge on any atom is -0.390 e. The lowest BCUT2D eigenvalue weighted by Gasteiger charge is -2.21. The molecule has 0 spiro atoms.